The lowest BCUT2D eigenvalue weighted by molar-refractivity contribution is -0.274. The molecule has 0 aliphatic rings. The van der Waals surface area contributed by atoms with Gasteiger partial charge in [0.05, 0.1) is 11.3 Å². The smallest absolute Gasteiger partial charge is 0.405 e. The molecule has 0 aliphatic heterocycles. The Bertz CT molecular complexity index is 1070. The third-order valence-electron chi connectivity index (χ3n) is 4.03. The van der Waals surface area contributed by atoms with E-state index in [9.17, 15) is 31.1 Å². The number of aryl methyl sites for hydroxylation is 1. The number of carbonyl (C=O) groups excluding carboxylic acids is 1. The normalized spacial score (nSPS) is 11.8. The van der Waals surface area contributed by atoms with Crippen molar-refractivity contribution >= 4 is 17.4 Å². The van der Waals surface area contributed by atoms with E-state index in [4.69, 9.17) is 0 Å². The molecule has 0 saturated heterocycles. The van der Waals surface area contributed by atoms with Crippen LogP contribution in [0.15, 0.2) is 54.7 Å². The molecule has 2 amide bonds. The third kappa shape index (κ3) is 5.68. The van der Waals surface area contributed by atoms with Crippen LogP contribution in [-0.4, -0.2) is 22.2 Å². The molecule has 0 fully saturated rings. The van der Waals surface area contributed by atoms with Crippen molar-refractivity contribution in [3.8, 4) is 17.0 Å². The van der Waals surface area contributed by atoms with E-state index < -0.39 is 29.9 Å². The summed E-state index contributed by atoms with van der Waals surface area (Å²) in [6.07, 6.45) is -8.06. The number of benzene rings is 2. The van der Waals surface area contributed by atoms with Crippen LogP contribution in [0.5, 0.6) is 5.75 Å². The Morgan fingerprint density at radius 1 is 0.935 bits per heavy atom. The van der Waals surface area contributed by atoms with Crippen molar-refractivity contribution in [1.82, 2.24) is 9.78 Å². The van der Waals surface area contributed by atoms with Gasteiger partial charge in [-0.3, -0.25) is 4.68 Å². The van der Waals surface area contributed by atoms with Crippen molar-refractivity contribution in [2.75, 3.05) is 10.6 Å². The summed E-state index contributed by atoms with van der Waals surface area (Å²) in [5.74, 6) is -0.496. The first-order valence-electron chi connectivity index (χ1n) is 8.56. The predicted molar refractivity (Wildman–Crippen MR) is 99.4 cm³/mol. The summed E-state index contributed by atoms with van der Waals surface area (Å²) in [6, 6.07) is 7.89. The first-order chi connectivity index (χ1) is 14.4. The molecule has 3 rings (SSSR count). The zero-order chi connectivity index (χ0) is 22.8. The number of nitrogens with zero attached hydrogens (tertiary/aromatic N) is 2. The van der Waals surface area contributed by atoms with Crippen molar-refractivity contribution in [2.45, 2.75) is 12.5 Å². The van der Waals surface area contributed by atoms with Crippen LogP contribution in [0.1, 0.15) is 5.56 Å². The third-order valence-corrected chi connectivity index (χ3v) is 4.03. The van der Waals surface area contributed by atoms with E-state index in [1.807, 2.05) is 0 Å². The average molecular weight is 444 g/mol. The minimum Gasteiger partial charge on any atom is -0.405 e. The number of carbonyl (C=O) groups is 1. The summed E-state index contributed by atoms with van der Waals surface area (Å²) in [5.41, 5.74) is -0.347. The van der Waals surface area contributed by atoms with Gasteiger partial charge in [0.2, 0.25) is 0 Å². The van der Waals surface area contributed by atoms with Gasteiger partial charge in [-0.1, -0.05) is 0 Å². The van der Waals surface area contributed by atoms with Gasteiger partial charge in [-0.15, -0.1) is 13.2 Å². The van der Waals surface area contributed by atoms with Crippen molar-refractivity contribution in [3.05, 3.63) is 60.3 Å². The number of hydrogen-bond acceptors (Lipinski definition) is 3. The monoisotopic (exact) mass is 444 g/mol. The van der Waals surface area contributed by atoms with Gasteiger partial charge in [0.1, 0.15) is 5.75 Å². The number of anilines is 2. The lowest BCUT2D eigenvalue weighted by atomic mass is 10.1. The minimum absolute atomic E-state index is 0.0182. The second-order valence-corrected chi connectivity index (χ2v) is 6.25. The Morgan fingerprint density at radius 3 is 2.10 bits per heavy atom. The fourth-order valence-corrected chi connectivity index (χ4v) is 2.70. The van der Waals surface area contributed by atoms with E-state index in [-0.39, 0.29) is 16.9 Å². The summed E-state index contributed by atoms with van der Waals surface area (Å²) in [7, 11) is 1.52. The van der Waals surface area contributed by atoms with E-state index in [0.29, 0.717) is 5.69 Å². The largest absolute Gasteiger partial charge is 0.573 e. The number of alkyl halides is 6. The molecule has 1 aromatic heterocycles. The van der Waals surface area contributed by atoms with E-state index in [1.165, 1.54) is 36.1 Å². The van der Waals surface area contributed by atoms with E-state index in [1.54, 1.807) is 0 Å². The van der Waals surface area contributed by atoms with E-state index >= 15 is 0 Å². The molecule has 3 aromatic rings. The Balaban J connectivity index is 1.80. The lowest BCUT2D eigenvalue weighted by Crippen LogP contribution is -2.20. The van der Waals surface area contributed by atoms with Gasteiger partial charge in [-0.2, -0.15) is 18.3 Å². The van der Waals surface area contributed by atoms with Crippen LogP contribution in [0.25, 0.3) is 11.3 Å². The molecule has 0 atom stereocenters. The molecule has 31 heavy (non-hydrogen) atoms. The Morgan fingerprint density at radius 2 is 1.55 bits per heavy atom. The standard InChI is InChI=1S/C19H14F6N4O2/c1-29-15(8-9-26-29)14-10-13(6-7-16(14)31-19(23,24)25)28-17(30)27-12-4-2-11(3-5-12)18(20,21)22/h2-10H,1H3,(H2,27,28,30). The molecule has 2 aromatic carbocycles. The molecular weight excluding hydrogens is 430 g/mol. The summed E-state index contributed by atoms with van der Waals surface area (Å²) in [5, 5.41) is 8.65. The molecule has 0 spiro atoms. The van der Waals surface area contributed by atoms with Crippen LogP contribution in [-0.2, 0) is 13.2 Å². The quantitative estimate of drug-likeness (QED) is 0.511. The highest BCUT2D eigenvalue weighted by Gasteiger charge is 2.33. The van der Waals surface area contributed by atoms with Crippen LogP contribution < -0.4 is 15.4 Å². The summed E-state index contributed by atoms with van der Waals surface area (Å²) < 4.78 is 81.3. The number of nitrogens with one attached hydrogen (secondary N) is 2. The first kappa shape index (κ1) is 22.0. The van der Waals surface area contributed by atoms with Crippen molar-refractivity contribution in [3.63, 3.8) is 0 Å². The van der Waals surface area contributed by atoms with Gasteiger partial charge in [0, 0.05) is 30.2 Å². The van der Waals surface area contributed by atoms with E-state index in [0.717, 1.165) is 30.3 Å². The number of ether oxygens (including phenoxy) is 1. The molecule has 1 heterocycles. The second kappa shape index (κ2) is 8.20. The summed E-state index contributed by atoms with van der Waals surface area (Å²) >= 11 is 0. The van der Waals surface area contributed by atoms with Gasteiger partial charge in [0.25, 0.3) is 0 Å². The van der Waals surface area contributed by atoms with Gasteiger partial charge in [0.15, 0.2) is 0 Å². The highest BCUT2D eigenvalue weighted by Crippen LogP contribution is 2.36. The number of rotatable bonds is 4. The molecule has 164 valence electrons. The van der Waals surface area contributed by atoms with Gasteiger partial charge in [-0.05, 0) is 48.5 Å². The number of urea groups is 1. The number of hydrogen-bond donors (Lipinski definition) is 2. The van der Waals surface area contributed by atoms with Crippen molar-refractivity contribution in [1.29, 1.82) is 0 Å². The maximum Gasteiger partial charge on any atom is 0.573 e. The average Bonchev–Trinajstić information content (AvgIpc) is 3.07. The van der Waals surface area contributed by atoms with Crippen LogP contribution in [0.3, 0.4) is 0 Å². The Labute approximate surface area is 171 Å². The van der Waals surface area contributed by atoms with Crippen LogP contribution in [0, 0.1) is 0 Å². The van der Waals surface area contributed by atoms with Crippen LogP contribution in [0.2, 0.25) is 0 Å². The molecule has 0 bridgehead atoms. The predicted octanol–water partition coefficient (Wildman–Crippen LogP) is 5.65. The number of amides is 2. The van der Waals surface area contributed by atoms with Gasteiger partial charge in [-0.25, -0.2) is 4.79 Å². The molecule has 6 nitrogen and oxygen atoms in total. The molecule has 0 radical (unpaired) electrons. The fraction of sp³-hybridized carbons (Fsp3) is 0.158. The zero-order valence-corrected chi connectivity index (χ0v) is 15.7. The van der Waals surface area contributed by atoms with Crippen LogP contribution in [0.4, 0.5) is 42.5 Å². The molecule has 12 heteroatoms. The molecule has 0 saturated carbocycles. The molecule has 2 N–H and O–H groups in total. The highest BCUT2D eigenvalue weighted by atomic mass is 19.4. The number of halogens is 6. The lowest BCUT2D eigenvalue weighted by Gasteiger charge is -2.15. The topological polar surface area (TPSA) is 68.2 Å². The maximum absolute atomic E-state index is 12.7. The highest BCUT2D eigenvalue weighted by molar-refractivity contribution is 6.00. The molecular formula is C19H14F6N4O2. The maximum atomic E-state index is 12.7. The van der Waals surface area contributed by atoms with Crippen LogP contribution >= 0.6 is 0 Å². The van der Waals surface area contributed by atoms with Crippen molar-refractivity contribution in [2.24, 2.45) is 7.05 Å². The van der Waals surface area contributed by atoms with Crippen molar-refractivity contribution < 1.29 is 35.9 Å². The Hall–Kier alpha value is -3.70. The fourth-order valence-electron chi connectivity index (χ4n) is 2.70. The molecule has 0 aliphatic carbocycles. The second-order valence-electron chi connectivity index (χ2n) is 6.25. The number of aromatic nitrogens is 2. The molecule has 0 unspecified atom stereocenters. The zero-order valence-electron chi connectivity index (χ0n) is 15.7. The minimum atomic E-state index is -4.93. The summed E-state index contributed by atoms with van der Waals surface area (Å²) in [6.45, 7) is 0. The summed E-state index contributed by atoms with van der Waals surface area (Å²) in [4.78, 5) is 12.2. The Kier molecular flexibility index (Phi) is 5.82. The van der Waals surface area contributed by atoms with Gasteiger partial charge >= 0.3 is 18.6 Å². The van der Waals surface area contributed by atoms with Gasteiger partial charge < -0.3 is 15.4 Å². The SMILES string of the molecule is Cn1nccc1-c1cc(NC(=O)Nc2ccc(C(F)(F)F)cc2)ccc1OC(F)(F)F. The van der Waals surface area contributed by atoms with E-state index in [2.05, 4.69) is 20.5 Å². The first-order valence-corrected chi connectivity index (χ1v) is 8.56.